The highest BCUT2D eigenvalue weighted by atomic mass is 35.5. The second-order valence-electron chi connectivity index (χ2n) is 4.42. The normalized spacial score (nSPS) is 20.8. The Kier molecular flexibility index (Phi) is 3.74. The van der Waals surface area contributed by atoms with Gasteiger partial charge in [0, 0.05) is 12.5 Å². The van der Waals surface area contributed by atoms with Crippen LogP contribution in [0, 0.1) is 5.82 Å². The first kappa shape index (κ1) is 13.5. The Bertz CT molecular complexity index is 641. The molecule has 4 nitrogen and oxygen atoms in total. The molecule has 1 saturated heterocycles. The average Bonchev–Trinajstić information content (AvgIpc) is 3.13. The van der Waals surface area contributed by atoms with Crippen molar-refractivity contribution in [3.63, 3.8) is 0 Å². The molecule has 0 spiro atoms. The molecule has 2 aromatic rings. The van der Waals surface area contributed by atoms with Crippen molar-refractivity contribution in [2.45, 2.75) is 18.8 Å². The number of anilines is 1. The topological polar surface area (TPSA) is 50.3 Å². The standard InChI is InChI=1S/C13H10Cl2FN3O/c14-11-5-8(6-17-19-11)18-13-10(20-13)4-7-2-1-3-9(16)12(7)15/h1-3,5-6,10,13H,4H2,(H,18,19). The van der Waals surface area contributed by atoms with E-state index in [9.17, 15) is 4.39 Å². The van der Waals surface area contributed by atoms with Gasteiger partial charge >= 0.3 is 0 Å². The van der Waals surface area contributed by atoms with Gasteiger partial charge in [0.05, 0.1) is 16.9 Å². The van der Waals surface area contributed by atoms with Crippen molar-refractivity contribution < 1.29 is 9.13 Å². The van der Waals surface area contributed by atoms with Crippen LogP contribution in [0.15, 0.2) is 30.5 Å². The summed E-state index contributed by atoms with van der Waals surface area (Å²) in [6, 6.07) is 6.41. The van der Waals surface area contributed by atoms with Crippen molar-refractivity contribution in [2.75, 3.05) is 5.32 Å². The number of hydrogen-bond donors (Lipinski definition) is 1. The third-order valence-corrected chi connectivity index (χ3v) is 3.58. The predicted molar refractivity (Wildman–Crippen MR) is 74.4 cm³/mol. The number of epoxide rings is 1. The van der Waals surface area contributed by atoms with E-state index in [4.69, 9.17) is 27.9 Å². The molecule has 0 amide bonds. The van der Waals surface area contributed by atoms with Crippen molar-refractivity contribution in [3.8, 4) is 0 Å². The lowest BCUT2D eigenvalue weighted by Gasteiger charge is -2.04. The summed E-state index contributed by atoms with van der Waals surface area (Å²) in [5.41, 5.74) is 1.45. The lowest BCUT2D eigenvalue weighted by atomic mass is 10.1. The van der Waals surface area contributed by atoms with Gasteiger partial charge in [-0.25, -0.2) is 4.39 Å². The summed E-state index contributed by atoms with van der Waals surface area (Å²) in [6.45, 7) is 0. The van der Waals surface area contributed by atoms with E-state index in [-0.39, 0.29) is 17.4 Å². The van der Waals surface area contributed by atoms with Crippen molar-refractivity contribution in [2.24, 2.45) is 0 Å². The first-order chi connectivity index (χ1) is 9.63. The van der Waals surface area contributed by atoms with Crippen molar-refractivity contribution in [1.29, 1.82) is 0 Å². The Morgan fingerprint density at radius 3 is 3.00 bits per heavy atom. The van der Waals surface area contributed by atoms with Gasteiger partial charge in [-0.1, -0.05) is 35.3 Å². The molecule has 104 valence electrons. The highest BCUT2D eigenvalue weighted by molar-refractivity contribution is 6.31. The van der Waals surface area contributed by atoms with Gasteiger partial charge in [0.25, 0.3) is 0 Å². The van der Waals surface area contributed by atoms with Gasteiger partial charge < -0.3 is 10.1 Å². The molecule has 1 aromatic heterocycles. The van der Waals surface area contributed by atoms with E-state index in [0.29, 0.717) is 11.6 Å². The average molecular weight is 314 g/mol. The molecule has 1 aliphatic heterocycles. The van der Waals surface area contributed by atoms with Crippen LogP contribution in [0.4, 0.5) is 10.1 Å². The first-order valence-corrected chi connectivity index (χ1v) is 6.72. The maximum atomic E-state index is 13.3. The minimum atomic E-state index is -0.417. The van der Waals surface area contributed by atoms with E-state index in [0.717, 1.165) is 11.3 Å². The molecule has 0 bridgehead atoms. The molecule has 2 atom stereocenters. The minimum absolute atomic E-state index is 0.0544. The van der Waals surface area contributed by atoms with Crippen LogP contribution in [0.2, 0.25) is 10.2 Å². The number of aromatic nitrogens is 2. The molecular formula is C13H10Cl2FN3O. The largest absolute Gasteiger partial charge is 0.357 e. The van der Waals surface area contributed by atoms with Crippen LogP contribution in [0.25, 0.3) is 0 Å². The maximum absolute atomic E-state index is 13.3. The van der Waals surface area contributed by atoms with Crippen LogP contribution < -0.4 is 5.32 Å². The van der Waals surface area contributed by atoms with Gasteiger partial charge in [0.2, 0.25) is 0 Å². The van der Waals surface area contributed by atoms with Crippen molar-refractivity contribution in [1.82, 2.24) is 10.2 Å². The zero-order valence-corrected chi connectivity index (χ0v) is 11.7. The number of nitrogens with one attached hydrogen (secondary N) is 1. The zero-order valence-electron chi connectivity index (χ0n) is 10.2. The Labute approximate surface area is 124 Å². The Balaban J connectivity index is 1.61. The number of hydrogen-bond acceptors (Lipinski definition) is 4. The van der Waals surface area contributed by atoms with E-state index in [2.05, 4.69) is 15.5 Å². The van der Waals surface area contributed by atoms with Crippen LogP contribution in [0.5, 0.6) is 0 Å². The SMILES string of the molecule is Fc1cccc(CC2OC2Nc2cnnc(Cl)c2)c1Cl. The number of ether oxygens (including phenoxy) is 1. The molecule has 20 heavy (non-hydrogen) atoms. The van der Waals surface area contributed by atoms with E-state index in [1.165, 1.54) is 6.07 Å². The fourth-order valence-electron chi connectivity index (χ4n) is 1.93. The summed E-state index contributed by atoms with van der Waals surface area (Å²) in [5, 5.41) is 10.9. The van der Waals surface area contributed by atoms with Crippen LogP contribution in [-0.2, 0) is 11.2 Å². The fourth-order valence-corrected chi connectivity index (χ4v) is 2.30. The van der Waals surface area contributed by atoms with Crippen molar-refractivity contribution in [3.05, 3.63) is 52.0 Å². The molecule has 0 aliphatic carbocycles. The Morgan fingerprint density at radius 1 is 1.35 bits per heavy atom. The van der Waals surface area contributed by atoms with Crippen molar-refractivity contribution >= 4 is 28.9 Å². The van der Waals surface area contributed by atoms with E-state index in [1.54, 1.807) is 24.4 Å². The number of halogens is 3. The first-order valence-electron chi connectivity index (χ1n) is 5.96. The summed E-state index contributed by atoms with van der Waals surface area (Å²) in [5.74, 6) is -0.417. The monoisotopic (exact) mass is 313 g/mol. The lowest BCUT2D eigenvalue weighted by molar-refractivity contribution is 0.381. The van der Waals surface area contributed by atoms with Crippen LogP contribution >= 0.6 is 23.2 Å². The summed E-state index contributed by atoms with van der Waals surface area (Å²) < 4.78 is 18.8. The maximum Gasteiger partial charge on any atom is 0.155 e. The summed E-state index contributed by atoms with van der Waals surface area (Å²) in [4.78, 5) is 0. The second-order valence-corrected chi connectivity index (χ2v) is 5.19. The smallest absolute Gasteiger partial charge is 0.155 e. The zero-order chi connectivity index (χ0) is 14.1. The summed E-state index contributed by atoms with van der Waals surface area (Å²) in [7, 11) is 0. The number of benzene rings is 1. The molecule has 3 rings (SSSR count). The molecule has 2 heterocycles. The summed E-state index contributed by atoms with van der Waals surface area (Å²) in [6.07, 6.45) is 1.89. The fraction of sp³-hybridized carbons (Fsp3) is 0.231. The molecule has 0 saturated carbocycles. The molecule has 2 unspecified atom stereocenters. The van der Waals surface area contributed by atoms with E-state index in [1.807, 2.05) is 0 Å². The quantitative estimate of drug-likeness (QED) is 0.880. The molecule has 0 radical (unpaired) electrons. The van der Waals surface area contributed by atoms with Gasteiger partial charge in [-0.15, -0.1) is 5.10 Å². The van der Waals surface area contributed by atoms with Gasteiger partial charge in [-0.05, 0) is 11.6 Å². The van der Waals surface area contributed by atoms with Gasteiger partial charge in [0.15, 0.2) is 11.4 Å². The molecule has 7 heteroatoms. The van der Waals surface area contributed by atoms with Crippen LogP contribution in [0.3, 0.4) is 0 Å². The van der Waals surface area contributed by atoms with Gasteiger partial charge in [0.1, 0.15) is 11.9 Å². The molecule has 1 N–H and O–H groups in total. The number of rotatable bonds is 4. The lowest BCUT2D eigenvalue weighted by Crippen LogP contribution is -2.09. The highest BCUT2D eigenvalue weighted by Gasteiger charge is 2.39. The Hall–Kier alpha value is -1.43. The van der Waals surface area contributed by atoms with Gasteiger partial charge in [-0.2, -0.15) is 5.10 Å². The van der Waals surface area contributed by atoms with Gasteiger partial charge in [-0.3, -0.25) is 0 Å². The van der Waals surface area contributed by atoms with Crippen LogP contribution in [-0.4, -0.2) is 22.5 Å². The molecular weight excluding hydrogens is 304 g/mol. The molecule has 1 aliphatic rings. The highest BCUT2D eigenvalue weighted by Crippen LogP contribution is 2.30. The third kappa shape index (κ3) is 3.00. The van der Waals surface area contributed by atoms with E-state index < -0.39 is 5.82 Å². The molecule has 1 aromatic carbocycles. The molecule has 1 fully saturated rings. The third-order valence-electron chi connectivity index (χ3n) is 2.97. The minimum Gasteiger partial charge on any atom is -0.357 e. The van der Waals surface area contributed by atoms with E-state index >= 15 is 0 Å². The second kappa shape index (κ2) is 5.52. The predicted octanol–water partition coefficient (Wildman–Crippen LogP) is 3.30. The Morgan fingerprint density at radius 2 is 2.20 bits per heavy atom. The number of nitrogens with zero attached hydrogens (tertiary/aromatic N) is 2. The van der Waals surface area contributed by atoms with Crippen LogP contribution in [0.1, 0.15) is 5.56 Å². The summed E-state index contributed by atoms with van der Waals surface area (Å²) >= 11 is 11.6.